The van der Waals surface area contributed by atoms with E-state index in [4.69, 9.17) is 16.3 Å². The highest BCUT2D eigenvalue weighted by molar-refractivity contribution is 6.30. The van der Waals surface area contributed by atoms with Crippen LogP contribution in [0.3, 0.4) is 0 Å². The van der Waals surface area contributed by atoms with Gasteiger partial charge >= 0.3 is 5.69 Å². The number of nitrogens with zero attached hydrogens (tertiary/aromatic N) is 5. The summed E-state index contributed by atoms with van der Waals surface area (Å²) in [5.74, 6) is 1.41. The van der Waals surface area contributed by atoms with Crippen LogP contribution in [0.25, 0.3) is 0 Å². The Morgan fingerprint density at radius 1 is 1.06 bits per heavy atom. The fraction of sp³-hybridized carbons (Fsp3) is 0.440. The number of aryl methyl sites for hydroxylation is 1. The van der Waals surface area contributed by atoms with Crippen molar-refractivity contribution in [2.75, 3.05) is 44.2 Å². The van der Waals surface area contributed by atoms with Gasteiger partial charge in [-0.05, 0) is 30.3 Å². The first-order valence-corrected chi connectivity index (χ1v) is 12.2. The lowest BCUT2D eigenvalue weighted by atomic mass is 10.2. The van der Waals surface area contributed by atoms with Crippen LogP contribution in [0.15, 0.2) is 59.4 Å². The van der Waals surface area contributed by atoms with Gasteiger partial charge in [-0.25, -0.2) is 4.79 Å². The third kappa shape index (κ3) is 6.00. The van der Waals surface area contributed by atoms with Crippen molar-refractivity contribution in [3.8, 4) is 5.75 Å². The van der Waals surface area contributed by atoms with Crippen LogP contribution in [0.4, 0.5) is 5.69 Å². The van der Waals surface area contributed by atoms with E-state index < -0.39 is 6.23 Å². The normalized spacial score (nSPS) is 15.4. The Hall–Kier alpha value is -2.81. The number of anilines is 1. The highest BCUT2D eigenvalue weighted by atomic mass is 35.5. The summed E-state index contributed by atoms with van der Waals surface area (Å²) in [6.07, 6.45) is 0.0869. The summed E-state index contributed by atoms with van der Waals surface area (Å²) in [4.78, 5) is 17.5. The number of hydrogen-bond acceptors (Lipinski definition) is 6. The molecule has 0 bridgehead atoms. The number of hydrogen-bond donors (Lipinski definition) is 1. The van der Waals surface area contributed by atoms with Gasteiger partial charge in [-0.15, -0.1) is 0 Å². The molecule has 182 valence electrons. The van der Waals surface area contributed by atoms with E-state index in [1.807, 2.05) is 55.5 Å². The van der Waals surface area contributed by atoms with E-state index in [1.165, 1.54) is 4.68 Å². The molecule has 1 N–H and O–H groups in total. The van der Waals surface area contributed by atoms with Gasteiger partial charge in [0.1, 0.15) is 18.2 Å². The van der Waals surface area contributed by atoms with Crippen molar-refractivity contribution < 1.29 is 9.84 Å². The van der Waals surface area contributed by atoms with Crippen LogP contribution in [0.5, 0.6) is 5.75 Å². The van der Waals surface area contributed by atoms with E-state index >= 15 is 0 Å². The average molecular weight is 486 g/mol. The molecule has 8 nitrogen and oxygen atoms in total. The molecule has 0 spiro atoms. The summed E-state index contributed by atoms with van der Waals surface area (Å²) < 4.78 is 8.54. The van der Waals surface area contributed by atoms with Crippen molar-refractivity contribution in [2.45, 2.75) is 32.5 Å². The predicted molar refractivity (Wildman–Crippen MR) is 134 cm³/mol. The molecule has 0 amide bonds. The number of aliphatic hydroxyl groups is 1. The van der Waals surface area contributed by atoms with Crippen molar-refractivity contribution in [1.82, 2.24) is 19.2 Å². The van der Waals surface area contributed by atoms with Crippen molar-refractivity contribution in [3.63, 3.8) is 0 Å². The summed E-state index contributed by atoms with van der Waals surface area (Å²) in [7, 11) is 0. The largest absolute Gasteiger partial charge is 0.492 e. The third-order valence-electron chi connectivity index (χ3n) is 6.14. The zero-order chi connectivity index (χ0) is 23.9. The fourth-order valence-electron chi connectivity index (χ4n) is 4.23. The van der Waals surface area contributed by atoms with E-state index in [-0.39, 0.29) is 5.69 Å². The van der Waals surface area contributed by atoms with E-state index in [1.54, 1.807) is 4.57 Å². The van der Waals surface area contributed by atoms with Crippen LogP contribution in [0.2, 0.25) is 5.02 Å². The van der Waals surface area contributed by atoms with Crippen molar-refractivity contribution in [1.29, 1.82) is 0 Å². The van der Waals surface area contributed by atoms with Gasteiger partial charge < -0.3 is 14.7 Å². The molecule has 2 aromatic carbocycles. The van der Waals surface area contributed by atoms with Gasteiger partial charge in [0.25, 0.3) is 0 Å². The second kappa shape index (κ2) is 11.6. The molecule has 2 heterocycles. The highest BCUT2D eigenvalue weighted by Gasteiger charge is 2.21. The van der Waals surface area contributed by atoms with Gasteiger partial charge in [-0.3, -0.25) is 9.47 Å². The van der Waals surface area contributed by atoms with Crippen LogP contribution in [-0.4, -0.2) is 63.7 Å². The zero-order valence-electron chi connectivity index (χ0n) is 19.5. The smallest absolute Gasteiger partial charge is 0.348 e. The molecule has 1 aromatic heterocycles. The van der Waals surface area contributed by atoms with E-state index in [2.05, 4.69) is 21.0 Å². The summed E-state index contributed by atoms with van der Waals surface area (Å²) >= 11 is 6.12. The molecule has 34 heavy (non-hydrogen) atoms. The van der Waals surface area contributed by atoms with E-state index in [0.29, 0.717) is 38.4 Å². The number of para-hydroxylation sites is 1. The van der Waals surface area contributed by atoms with Gasteiger partial charge in [0.05, 0.1) is 6.54 Å². The molecule has 1 aliphatic heterocycles. The molecule has 0 aliphatic carbocycles. The lowest BCUT2D eigenvalue weighted by Gasteiger charge is -2.36. The predicted octanol–water partition coefficient (Wildman–Crippen LogP) is 3.04. The van der Waals surface area contributed by atoms with Crippen LogP contribution in [0.1, 0.15) is 25.4 Å². The Morgan fingerprint density at radius 2 is 1.82 bits per heavy atom. The quantitative estimate of drug-likeness (QED) is 0.475. The van der Waals surface area contributed by atoms with E-state index in [0.717, 1.165) is 42.6 Å². The molecule has 0 radical (unpaired) electrons. The molecule has 1 atom stereocenters. The van der Waals surface area contributed by atoms with Crippen molar-refractivity contribution in [2.24, 2.45) is 0 Å². The SMILES string of the molecule is CCc1nn(C(O)CCN2CCN(c3cccc(Cl)c3)CC2)c(=O)n1CCOc1ccccc1. The molecule has 0 saturated carbocycles. The minimum Gasteiger partial charge on any atom is -0.492 e. The van der Waals surface area contributed by atoms with Gasteiger partial charge in [0.15, 0.2) is 6.23 Å². The molecule has 1 fully saturated rings. The number of halogens is 1. The molecular formula is C25H32ClN5O3. The summed E-state index contributed by atoms with van der Waals surface area (Å²) in [5, 5.41) is 15.9. The Kier molecular flexibility index (Phi) is 8.26. The minimum absolute atomic E-state index is 0.299. The Bertz CT molecular complexity index is 1110. The molecule has 1 aliphatic rings. The monoisotopic (exact) mass is 485 g/mol. The minimum atomic E-state index is -0.958. The van der Waals surface area contributed by atoms with Gasteiger partial charge in [0.2, 0.25) is 0 Å². The molecular weight excluding hydrogens is 454 g/mol. The number of rotatable bonds is 10. The molecule has 3 aromatic rings. The fourth-order valence-corrected chi connectivity index (χ4v) is 4.41. The van der Waals surface area contributed by atoms with E-state index in [9.17, 15) is 9.90 Å². The first-order valence-electron chi connectivity index (χ1n) is 11.8. The Balaban J connectivity index is 1.29. The first-order chi connectivity index (χ1) is 16.5. The van der Waals surface area contributed by atoms with Gasteiger partial charge in [0, 0.05) is 56.3 Å². The number of benzene rings is 2. The molecule has 9 heteroatoms. The lowest BCUT2D eigenvalue weighted by molar-refractivity contribution is 0.0628. The van der Waals surface area contributed by atoms with Crippen molar-refractivity contribution >= 4 is 17.3 Å². The Morgan fingerprint density at radius 3 is 2.53 bits per heavy atom. The second-order valence-electron chi connectivity index (χ2n) is 8.39. The first kappa shape index (κ1) is 24.3. The van der Waals surface area contributed by atoms with Crippen LogP contribution < -0.4 is 15.3 Å². The van der Waals surface area contributed by atoms with Gasteiger partial charge in [-0.2, -0.15) is 9.78 Å². The standard InChI is InChI=1S/C25H32ClN5O3/c1-2-23-27-31(25(33)30(23)17-18-34-22-9-4-3-5-10-22)24(32)11-12-28-13-15-29(16-14-28)21-8-6-7-20(26)19-21/h3-10,19,24,32H,2,11-18H2,1H3. The van der Waals surface area contributed by atoms with Crippen molar-refractivity contribution in [3.05, 3.63) is 75.9 Å². The molecule has 1 saturated heterocycles. The lowest BCUT2D eigenvalue weighted by Crippen LogP contribution is -2.47. The molecule has 1 unspecified atom stereocenters. The maximum Gasteiger partial charge on any atom is 0.348 e. The number of ether oxygens (including phenoxy) is 1. The van der Waals surface area contributed by atoms with Crippen LogP contribution in [-0.2, 0) is 13.0 Å². The topological polar surface area (TPSA) is 75.8 Å². The third-order valence-corrected chi connectivity index (χ3v) is 6.37. The maximum absolute atomic E-state index is 12.9. The average Bonchev–Trinajstić information content (AvgIpc) is 3.19. The van der Waals surface area contributed by atoms with Crippen LogP contribution >= 0.6 is 11.6 Å². The summed E-state index contributed by atoms with van der Waals surface area (Å²) in [5.41, 5.74) is 0.833. The maximum atomic E-state index is 12.9. The number of aromatic nitrogens is 3. The highest BCUT2D eigenvalue weighted by Crippen LogP contribution is 2.21. The molecule has 4 rings (SSSR count). The summed E-state index contributed by atoms with van der Waals surface area (Å²) in [6.45, 7) is 6.96. The number of piperazine rings is 1. The number of aliphatic hydroxyl groups excluding tert-OH is 1. The summed E-state index contributed by atoms with van der Waals surface area (Å²) in [6, 6.07) is 17.4. The zero-order valence-corrected chi connectivity index (χ0v) is 20.3. The van der Waals surface area contributed by atoms with Crippen LogP contribution in [0, 0.1) is 0 Å². The second-order valence-corrected chi connectivity index (χ2v) is 8.82. The Labute approximate surface area is 204 Å². The van der Waals surface area contributed by atoms with Gasteiger partial charge in [-0.1, -0.05) is 42.8 Å².